The van der Waals surface area contributed by atoms with Crippen molar-refractivity contribution in [3.63, 3.8) is 0 Å². The first-order valence-corrected chi connectivity index (χ1v) is 5.61. The number of thiocarbonyl (C=S) groups is 1. The second-order valence-electron chi connectivity index (χ2n) is 3.93. The maximum absolute atomic E-state index is 11.9. The molecule has 17 heavy (non-hydrogen) atoms. The quantitative estimate of drug-likeness (QED) is 0.684. The minimum absolute atomic E-state index is 0.188. The fraction of sp³-hybridized carbons (Fsp3) is 0.364. The van der Waals surface area contributed by atoms with Gasteiger partial charge in [-0.15, -0.1) is 0 Å². The average Bonchev–Trinajstić information content (AvgIpc) is 2.28. The van der Waals surface area contributed by atoms with E-state index in [0.717, 1.165) is 0 Å². The van der Waals surface area contributed by atoms with Crippen LogP contribution in [-0.4, -0.2) is 21.4 Å². The van der Waals surface area contributed by atoms with E-state index in [1.807, 2.05) is 6.92 Å². The van der Waals surface area contributed by atoms with Crippen molar-refractivity contribution in [3.05, 3.63) is 34.2 Å². The maximum Gasteiger partial charge on any atom is 0.268 e. The normalized spacial score (nSPS) is 13.8. The number of pyridine rings is 1. The van der Waals surface area contributed by atoms with Gasteiger partial charge in [0.15, 0.2) is 0 Å². The van der Waals surface area contributed by atoms with Gasteiger partial charge in [0.2, 0.25) is 5.56 Å². The molecule has 0 spiro atoms. The number of rotatable bonds is 4. The summed E-state index contributed by atoms with van der Waals surface area (Å²) in [4.78, 5) is 25.6. The molecule has 1 unspecified atom stereocenters. The van der Waals surface area contributed by atoms with Crippen LogP contribution < -0.4 is 16.6 Å². The van der Waals surface area contributed by atoms with E-state index in [4.69, 9.17) is 18.0 Å². The molecule has 5 nitrogen and oxygen atoms in total. The van der Waals surface area contributed by atoms with Crippen molar-refractivity contribution in [1.29, 1.82) is 0 Å². The molecule has 1 atom stereocenters. The topological polar surface area (TPSA) is 88.0 Å². The Morgan fingerprint density at radius 1 is 1.59 bits per heavy atom. The zero-order valence-electron chi connectivity index (χ0n) is 9.74. The van der Waals surface area contributed by atoms with Crippen molar-refractivity contribution in [2.75, 3.05) is 0 Å². The van der Waals surface area contributed by atoms with Crippen LogP contribution in [-0.2, 0) is 0 Å². The largest absolute Gasteiger partial charge is 0.391 e. The Kier molecular flexibility index (Phi) is 4.01. The van der Waals surface area contributed by atoms with Gasteiger partial charge >= 0.3 is 0 Å². The highest BCUT2D eigenvalue weighted by atomic mass is 32.1. The van der Waals surface area contributed by atoms with Crippen LogP contribution in [0.25, 0.3) is 0 Å². The molecule has 1 amide bonds. The molecular formula is C11H15N3O2S. The molecule has 0 aliphatic heterocycles. The van der Waals surface area contributed by atoms with Crippen LogP contribution >= 0.6 is 12.2 Å². The number of hydrogen-bond donors (Lipinski definition) is 3. The Hall–Kier alpha value is -1.69. The number of carbonyl (C=O) groups excluding carboxylic acids is 1. The molecule has 0 saturated carbocycles. The number of H-pyrrole nitrogens is 1. The lowest BCUT2D eigenvalue weighted by Gasteiger charge is -2.28. The van der Waals surface area contributed by atoms with Crippen molar-refractivity contribution in [3.8, 4) is 0 Å². The van der Waals surface area contributed by atoms with Gasteiger partial charge in [0.25, 0.3) is 5.91 Å². The standard InChI is InChI=1S/C11H15N3O2S/c1-3-11(2,10(12)17)14-9(16)7-5-4-6-8(15)13-7/h4-6H,3H2,1-2H3,(H2,12,17)(H,13,15)(H,14,16). The molecule has 0 aromatic carbocycles. The van der Waals surface area contributed by atoms with Gasteiger partial charge in [0, 0.05) is 6.07 Å². The van der Waals surface area contributed by atoms with E-state index in [1.54, 1.807) is 6.92 Å². The molecule has 0 aliphatic rings. The van der Waals surface area contributed by atoms with Gasteiger partial charge in [-0.3, -0.25) is 9.59 Å². The van der Waals surface area contributed by atoms with Gasteiger partial charge in [0.05, 0.1) is 10.5 Å². The second-order valence-corrected chi connectivity index (χ2v) is 4.37. The van der Waals surface area contributed by atoms with Crippen LogP contribution in [0.2, 0.25) is 0 Å². The summed E-state index contributed by atoms with van der Waals surface area (Å²) in [6.07, 6.45) is 0.575. The summed E-state index contributed by atoms with van der Waals surface area (Å²) in [5, 5.41) is 2.71. The summed E-state index contributed by atoms with van der Waals surface area (Å²) < 4.78 is 0. The summed E-state index contributed by atoms with van der Waals surface area (Å²) >= 11 is 4.91. The Morgan fingerprint density at radius 3 is 2.71 bits per heavy atom. The lowest BCUT2D eigenvalue weighted by molar-refractivity contribution is 0.0921. The number of carbonyl (C=O) groups is 1. The fourth-order valence-corrected chi connectivity index (χ4v) is 1.42. The Bertz CT molecular complexity index is 497. The van der Waals surface area contributed by atoms with Gasteiger partial charge in [-0.25, -0.2) is 0 Å². The van der Waals surface area contributed by atoms with Crippen molar-refractivity contribution >= 4 is 23.1 Å². The molecule has 0 bridgehead atoms. The third-order valence-electron chi connectivity index (χ3n) is 2.65. The van der Waals surface area contributed by atoms with E-state index in [0.29, 0.717) is 6.42 Å². The van der Waals surface area contributed by atoms with E-state index in [2.05, 4.69) is 10.3 Å². The molecule has 0 aliphatic carbocycles. The first kappa shape index (κ1) is 13.4. The smallest absolute Gasteiger partial charge is 0.268 e. The van der Waals surface area contributed by atoms with Gasteiger partial charge < -0.3 is 16.0 Å². The highest BCUT2D eigenvalue weighted by molar-refractivity contribution is 7.80. The number of nitrogens with one attached hydrogen (secondary N) is 2. The van der Waals surface area contributed by atoms with Crippen LogP contribution in [0.15, 0.2) is 23.0 Å². The molecular weight excluding hydrogens is 238 g/mol. The number of hydrogen-bond acceptors (Lipinski definition) is 3. The summed E-state index contributed by atoms with van der Waals surface area (Å²) in [5.74, 6) is -0.403. The predicted octanol–water partition coefficient (Wildman–Crippen LogP) is 0.560. The fourth-order valence-electron chi connectivity index (χ4n) is 1.22. The third kappa shape index (κ3) is 3.13. The van der Waals surface area contributed by atoms with E-state index >= 15 is 0 Å². The molecule has 0 radical (unpaired) electrons. The van der Waals surface area contributed by atoms with E-state index in [9.17, 15) is 9.59 Å². The summed E-state index contributed by atoms with van der Waals surface area (Å²) in [7, 11) is 0. The van der Waals surface area contributed by atoms with E-state index in [-0.39, 0.29) is 16.2 Å². The monoisotopic (exact) mass is 253 g/mol. The summed E-state index contributed by atoms with van der Waals surface area (Å²) in [6.45, 7) is 3.61. The Labute approximate surface area is 104 Å². The molecule has 4 N–H and O–H groups in total. The molecule has 1 aromatic rings. The van der Waals surface area contributed by atoms with Gasteiger partial charge in [-0.1, -0.05) is 25.2 Å². The first-order valence-electron chi connectivity index (χ1n) is 5.21. The molecule has 0 fully saturated rings. The van der Waals surface area contributed by atoms with Crippen LogP contribution in [0.5, 0.6) is 0 Å². The van der Waals surface area contributed by atoms with Crippen molar-refractivity contribution < 1.29 is 4.79 Å². The van der Waals surface area contributed by atoms with E-state index in [1.165, 1.54) is 18.2 Å². The Morgan fingerprint density at radius 2 is 2.24 bits per heavy atom. The van der Waals surface area contributed by atoms with Crippen LogP contribution in [0, 0.1) is 0 Å². The first-order chi connectivity index (χ1) is 7.89. The van der Waals surface area contributed by atoms with Gasteiger partial charge in [-0.2, -0.15) is 0 Å². The number of aromatic amines is 1. The predicted molar refractivity (Wildman–Crippen MR) is 70.0 cm³/mol. The summed E-state index contributed by atoms with van der Waals surface area (Å²) in [5.41, 5.74) is 4.69. The van der Waals surface area contributed by atoms with Crippen LogP contribution in [0.4, 0.5) is 0 Å². The van der Waals surface area contributed by atoms with Crippen molar-refractivity contribution in [2.45, 2.75) is 25.8 Å². The van der Waals surface area contributed by atoms with Gasteiger partial charge in [0.1, 0.15) is 5.69 Å². The van der Waals surface area contributed by atoms with Crippen LogP contribution in [0.1, 0.15) is 30.8 Å². The third-order valence-corrected chi connectivity index (χ3v) is 3.10. The lowest BCUT2D eigenvalue weighted by atomic mass is 9.99. The van der Waals surface area contributed by atoms with Crippen molar-refractivity contribution in [2.24, 2.45) is 5.73 Å². The molecule has 1 aromatic heterocycles. The molecule has 92 valence electrons. The van der Waals surface area contributed by atoms with Crippen LogP contribution in [0.3, 0.4) is 0 Å². The van der Waals surface area contributed by atoms with Gasteiger partial charge in [-0.05, 0) is 19.4 Å². The van der Waals surface area contributed by atoms with E-state index < -0.39 is 11.4 Å². The highest BCUT2D eigenvalue weighted by Crippen LogP contribution is 2.10. The lowest BCUT2D eigenvalue weighted by Crippen LogP contribution is -2.54. The molecule has 1 rings (SSSR count). The van der Waals surface area contributed by atoms with Crippen molar-refractivity contribution in [1.82, 2.24) is 10.3 Å². The molecule has 1 heterocycles. The highest BCUT2D eigenvalue weighted by Gasteiger charge is 2.28. The number of amides is 1. The second kappa shape index (κ2) is 5.09. The number of nitrogens with two attached hydrogens (primary N) is 1. The Balaban J connectivity index is 2.93. The SMILES string of the molecule is CCC(C)(NC(=O)c1cccc(=O)[nH]1)C(N)=S. The molecule has 6 heteroatoms. The summed E-state index contributed by atoms with van der Waals surface area (Å²) in [6, 6.07) is 4.37. The minimum atomic E-state index is -0.751. The zero-order valence-corrected chi connectivity index (χ0v) is 10.6. The molecule has 0 saturated heterocycles. The minimum Gasteiger partial charge on any atom is -0.391 e. The maximum atomic E-state index is 11.9. The zero-order chi connectivity index (χ0) is 13.1. The number of aromatic nitrogens is 1. The average molecular weight is 253 g/mol.